The Hall–Kier alpha value is -3.62. The molecule has 1 amide bonds. The molecule has 0 saturated carbocycles. The smallest absolute Gasteiger partial charge is 0.235 e. The molecule has 166 valence electrons. The van der Waals surface area contributed by atoms with Crippen LogP contribution in [0.4, 0.5) is 0 Å². The van der Waals surface area contributed by atoms with E-state index in [4.69, 9.17) is 11.8 Å². The predicted octanol–water partition coefficient (Wildman–Crippen LogP) is 5.64. The minimum atomic E-state index is -0.690. The molecule has 1 unspecified atom stereocenters. The van der Waals surface area contributed by atoms with Gasteiger partial charge in [-0.15, -0.1) is 17.8 Å². The quantitative estimate of drug-likeness (QED) is 0.492. The predicted molar refractivity (Wildman–Crippen MR) is 137 cm³/mol. The largest absolute Gasteiger partial charge is 0.345 e. The number of hydrogen-bond donors (Lipinski definition) is 2. The van der Waals surface area contributed by atoms with Gasteiger partial charge in [-0.2, -0.15) is 0 Å². The van der Waals surface area contributed by atoms with Gasteiger partial charge in [0, 0.05) is 17.5 Å². The molecule has 4 rings (SSSR count). The maximum atomic E-state index is 13.3. The highest BCUT2D eigenvalue weighted by Crippen LogP contribution is 2.41. The van der Waals surface area contributed by atoms with Crippen LogP contribution in [0.5, 0.6) is 0 Å². The van der Waals surface area contributed by atoms with E-state index in [1.807, 2.05) is 37.3 Å². The monoisotopic (exact) mass is 453 g/mol. The van der Waals surface area contributed by atoms with Crippen LogP contribution in [-0.2, 0) is 10.3 Å². The summed E-state index contributed by atoms with van der Waals surface area (Å²) < 4.78 is 0. The Morgan fingerprint density at radius 1 is 1.21 bits per heavy atom. The van der Waals surface area contributed by atoms with Crippen molar-refractivity contribution in [3.63, 3.8) is 0 Å². The second kappa shape index (κ2) is 9.09. The molecule has 1 aliphatic rings. The molecule has 0 bridgehead atoms. The van der Waals surface area contributed by atoms with Gasteiger partial charge in [0.25, 0.3) is 0 Å². The number of thiophene rings is 1. The Bertz CT molecular complexity index is 1280. The number of terminal acetylenes is 1. The van der Waals surface area contributed by atoms with E-state index < -0.39 is 5.54 Å². The Balaban J connectivity index is 1.66. The van der Waals surface area contributed by atoms with Crippen LogP contribution in [0.2, 0.25) is 0 Å². The van der Waals surface area contributed by atoms with Gasteiger partial charge in [0.05, 0.1) is 11.5 Å². The number of aryl methyl sites for hydroxylation is 1. The van der Waals surface area contributed by atoms with Crippen LogP contribution in [0.15, 0.2) is 66.1 Å². The van der Waals surface area contributed by atoms with Crippen molar-refractivity contribution in [2.24, 2.45) is 5.92 Å². The molecule has 2 aromatic carbocycles. The first-order valence-electron chi connectivity index (χ1n) is 10.9. The molecule has 2 heterocycles. The van der Waals surface area contributed by atoms with Crippen LogP contribution in [0, 0.1) is 30.6 Å². The van der Waals surface area contributed by atoms with Gasteiger partial charge in [0.2, 0.25) is 5.91 Å². The highest BCUT2D eigenvalue weighted by atomic mass is 32.1. The highest BCUT2D eigenvalue weighted by molar-refractivity contribution is 7.10. The van der Waals surface area contributed by atoms with Crippen LogP contribution in [0.3, 0.4) is 0 Å². The van der Waals surface area contributed by atoms with Crippen molar-refractivity contribution in [2.75, 3.05) is 7.05 Å². The standard InChI is InChI=1S/C28H27N3OS/c1-5-20-10-7-13-22(16-20)23-17-25(33-18-23)28(3)24(26(32)31(4)27(29)30-28)14-8-12-21-11-6-9-19(2)15-21/h1,6-13,15-18,24H,14H2,2-4H3,(H2,29,30)/b12-8+/t24?,28-/m0/s1. The second-order valence-electron chi connectivity index (χ2n) is 8.60. The number of amides is 1. The number of carbonyl (C=O) groups excluding carboxylic acids is 1. The molecule has 33 heavy (non-hydrogen) atoms. The average Bonchev–Trinajstić information content (AvgIpc) is 3.31. The van der Waals surface area contributed by atoms with Crippen LogP contribution >= 0.6 is 11.3 Å². The third-order valence-corrected chi connectivity index (χ3v) is 7.40. The van der Waals surface area contributed by atoms with E-state index in [1.54, 1.807) is 18.4 Å². The number of hydrogen-bond acceptors (Lipinski definition) is 3. The van der Waals surface area contributed by atoms with Crippen molar-refractivity contribution in [3.05, 3.63) is 87.6 Å². The van der Waals surface area contributed by atoms with E-state index in [0.717, 1.165) is 27.1 Å². The first-order valence-corrected chi connectivity index (χ1v) is 11.7. The van der Waals surface area contributed by atoms with Gasteiger partial charge in [-0.25, -0.2) is 0 Å². The van der Waals surface area contributed by atoms with Crippen molar-refractivity contribution in [1.82, 2.24) is 10.2 Å². The molecule has 0 aliphatic carbocycles. The Morgan fingerprint density at radius 3 is 2.76 bits per heavy atom. The fourth-order valence-corrected chi connectivity index (χ4v) is 5.33. The third-order valence-electron chi connectivity index (χ3n) is 6.24. The molecule has 4 nitrogen and oxygen atoms in total. The Morgan fingerprint density at radius 2 is 2.00 bits per heavy atom. The number of benzene rings is 2. The maximum absolute atomic E-state index is 13.3. The lowest BCUT2D eigenvalue weighted by Crippen LogP contribution is -2.63. The zero-order chi connectivity index (χ0) is 23.6. The molecule has 1 aliphatic heterocycles. The summed E-state index contributed by atoms with van der Waals surface area (Å²) in [6.07, 6.45) is 10.3. The highest BCUT2D eigenvalue weighted by Gasteiger charge is 2.47. The van der Waals surface area contributed by atoms with Gasteiger partial charge < -0.3 is 5.32 Å². The average molecular weight is 454 g/mol. The summed E-state index contributed by atoms with van der Waals surface area (Å²) in [5.74, 6) is 2.40. The van der Waals surface area contributed by atoms with Gasteiger partial charge in [-0.1, -0.05) is 60.0 Å². The summed E-state index contributed by atoms with van der Waals surface area (Å²) in [5, 5.41) is 13.7. The number of nitrogens with one attached hydrogen (secondary N) is 2. The number of guanidine groups is 1. The molecule has 3 aromatic rings. The van der Waals surface area contributed by atoms with Crippen LogP contribution in [-0.4, -0.2) is 23.8 Å². The van der Waals surface area contributed by atoms with E-state index in [-0.39, 0.29) is 17.8 Å². The second-order valence-corrected chi connectivity index (χ2v) is 9.51. The molecule has 5 heteroatoms. The fraction of sp³-hybridized carbons (Fsp3) is 0.214. The normalized spacial score (nSPS) is 20.7. The van der Waals surface area contributed by atoms with Crippen LogP contribution < -0.4 is 5.32 Å². The fourth-order valence-electron chi connectivity index (χ4n) is 4.24. The van der Waals surface area contributed by atoms with Gasteiger partial charge in [-0.05, 0) is 60.5 Å². The Labute approximate surface area is 199 Å². The zero-order valence-electron chi connectivity index (χ0n) is 19.1. The SMILES string of the molecule is C#Cc1cccc(-c2csc([C@@]3(C)NC(=N)N(C)C(=O)C3C/C=C/c3cccc(C)c3)c2)c1. The molecular formula is C28H27N3OS. The zero-order valence-corrected chi connectivity index (χ0v) is 19.9. The van der Waals surface area contributed by atoms with E-state index in [1.165, 1.54) is 10.5 Å². The summed E-state index contributed by atoms with van der Waals surface area (Å²) in [7, 11) is 1.65. The first-order chi connectivity index (χ1) is 15.8. The van der Waals surface area contributed by atoms with E-state index in [0.29, 0.717) is 6.42 Å². The minimum Gasteiger partial charge on any atom is -0.345 e. The van der Waals surface area contributed by atoms with Crippen molar-refractivity contribution in [2.45, 2.75) is 25.8 Å². The van der Waals surface area contributed by atoms with Crippen molar-refractivity contribution in [1.29, 1.82) is 5.41 Å². The molecule has 1 saturated heterocycles. The summed E-state index contributed by atoms with van der Waals surface area (Å²) >= 11 is 1.60. The van der Waals surface area contributed by atoms with Gasteiger partial charge >= 0.3 is 0 Å². The summed E-state index contributed by atoms with van der Waals surface area (Å²) in [6, 6.07) is 18.3. The molecule has 2 atom stereocenters. The molecule has 1 fully saturated rings. The lowest BCUT2D eigenvalue weighted by Gasteiger charge is -2.44. The number of rotatable bonds is 5. The molecular weight excluding hydrogens is 426 g/mol. The first kappa shape index (κ1) is 22.6. The van der Waals surface area contributed by atoms with Crippen LogP contribution in [0.1, 0.15) is 34.9 Å². The van der Waals surface area contributed by atoms with Gasteiger partial charge in [0.15, 0.2) is 5.96 Å². The minimum absolute atomic E-state index is 0.0561. The number of allylic oxidation sites excluding steroid dienone is 1. The molecule has 0 radical (unpaired) electrons. The molecule has 2 N–H and O–H groups in total. The third kappa shape index (κ3) is 4.48. The van der Waals surface area contributed by atoms with Gasteiger partial charge in [-0.3, -0.25) is 15.1 Å². The van der Waals surface area contributed by atoms with E-state index in [9.17, 15) is 4.79 Å². The van der Waals surface area contributed by atoms with Crippen molar-refractivity contribution >= 4 is 29.3 Å². The number of carbonyl (C=O) groups is 1. The Kier molecular flexibility index (Phi) is 6.22. The summed E-state index contributed by atoms with van der Waals surface area (Å²) in [5.41, 5.74) is 4.56. The van der Waals surface area contributed by atoms with Crippen LogP contribution in [0.25, 0.3) is 17.2 Å². The summed E-state index contributed by atoms with van der Waals surface area (Å²) in [4.78, 5) is 15.7. The molecule has 1 aromatic heterocycles. The lowest BCUT2D eigenvalue weighted by molar-refractivity contribution is -0.135. The van der Waals surface area contributed by atoms with E-state index in [2.05, 4.69) is 60.0 Å². The topological polar surface area (TPSA) is 56.2 Å². The molecule has 0 spiro atoms. The van der Waals surface area contributed by atoms with Crippen molar-refractivity contribution < 1.29 is 4.79 Å². The van der Waals surface area contributed by atoms with E-state index >= 15 is 0 Å². The maximum Gasteiger partial charge on any atom is 0.235 e. The summed E-state index contributed by atoms with van der Waals surface area (Å²) in [6.45, 7) is 4.09. The number of nitrogens with zero attached hydrogens (tertiary/aromatic N) is 1. The van der Waals surface area contributed by atoms with Gasteiger partial charge in [0.1, 0.15) is 0 Å². The lowest BCUT2D eigenvalue weighted by atomic mass is 9.79. The van der Waals surface area contributed by atoms with Crippen molar-refractivity contribution in [3.8, 4) is 23.5 Å².